The molecule has 0 unspecified atom stereocenters. The van der Waals surface area contributed by atoms with E-state index in [1.807, 2.05) is 54.5 Å². The van der Waals surface area contributed by atoms with E-state index in [4.69, 9.17) is 0 Å². The van der Waals surface area contributed by atoms with Gasteiger partial charge in [0.1, 0.15) is 11.9 Å². The average Bonchev–Trinajstić information content (AvgIpc) is 3.34. The van der Waals surface area contributed by atoms with Crippen molar-refractivity contribution in [2.24, 2.45) is 7.05 Å². The summed E-state index contributed by atoms with van der Waals surface area (Å²) in [5.41, 5.74) is 4.00. The van der Waals surface area contributed by atoms with Crippen molar-refractivity contribution in [2.75, 3.05) is 4.72 Å². The number of hydrogen-bond acceptors (Lipinski definition) is 3. The summed E-state index contributed by atoms with van der Waals surface area (Å²) in [5, 5.41) is 9.51. The Balaban J connectivity index is 1.75. The Labute approximate surface area is 182 Å². The number of aryl methyl sites for hydroxylation is 1. The van der Waals surface area contributed by atoms with Gasteiger partial charge in [-0.2, -0.15) is 5.26 Å². The first-order valence-corrected chi connectivity index (χ1v) is 11.4. The smallest absolute Gasteiger partial charge is 0.263 e. The van der Waals surface area contributed by atoms with Crippen molar-refractivity contribution in [2.45, 2.75) is 31.1 Å². The second-order valence-electron chi connectivity index (χ2n) is 8.67. The molecule has 3 heterocycles. The van der Waals surface area contributed by atoms with Crippen molar-refractivity contribution in [1.29, 1.82) is 5.26 Å². The van der Waals surface area contributed by atoms with E-state index in [1.165, 1.54) is 0 Å². The molecule has 6 nitrogen and oxygen atoms in total. The highest BCUT2D eigenvalue weighted by molar-refractivity contribution is 7.92. The van der Waals surface area contributed by atoms with Crippen molar-refractivity contribution in [1.82, 2.24) is 8.97 Å². The number of nitriles is 1. The Kier molecular flexibility index (Phi) is 4.91. The van der Waals surface area contributed by atoms with Gasteiger partial charge in [-0.3, -0.25) is 4.72 Å². The molecule has 0 bridgehead atoms. The van der Waals surface area contributed by atoms with Crippen molar-refractivity contribution in [3.63, 3.8) is 0 Å². The molecule has 0 amide bonds. The molecule has 0 aliphatic rings. The van der Waals surface area contributed by atoms with Crippen molar-refractivity contribution < 1.29 is 8.42 Å². The van der Waals surface area contributed by atoms with Gasteiger partial charge in [-0.15, -0.1) is 0 Å². The summed E-state index contributed by atoms with van der Waals surface area (Å²) in [5.74, 6) is 0.371. The maximum absolute atomic E-state index is 13.0. The lowest BCUT2D eigenvalue weighted by Crippen LogP contribution is -2.16. The van der Waals surface area contributed by atoms with Gasteiger partial charge in [0.25, 0.3) is 10.0 Å². The zero-order chi connectivity index (χ0) is 22.4. The summed E-state index contributed by atoms with van der Waals surface area (Å²) in [4.78, 5) is 0.188. The van der Waals surface area contributed by atoms with Crippen molar-refractivity contribution >= 4 is 21.4 Å². The van der Waals surface area contributed by atoms with Crippen LogP contribution in [-0.4, -0.2) is 17.4 Å². The molecule has 0 aliphatic carbocycles. The minimum Gasteiger partial charge on any atom is -0.357 e. The second-order valence-corrected chi connectivity index (χ2v) is 10.4. The third-order valence-electron chi connectivity index (χ3n) is 5.32. The Morgan fingerprint density at radius 2 is 1.68 bits per heavy atom. The lowest BCUT2D eigenvalue weighted by atomic mass is 9.87. The summed E-state index contributed by atoms with van der Waals surface area (Å²) in [6.45, 7) is 6.25. The van der Waals surface area contributed by atoms with Crippen LogP contribution >= 0.6 is 0 Å². The van der Waals surface area contributed by atoms with Crippen LogP contribution < -0.4 is 4.72 Å². The van der Waals surface area contributed by atoms with Gasteiger partial charge in [-0.1, -0.05) is 32.9 Å². The highest BCUT2D eigenvalue weighted by atomic mass is 32.2. The molecule has 0 atom stereocenters. The van der Waals surface area contributed by atoms with Crippen LogP contribution in [0.1, 0.15) is 31.9 Å². The third kappa shape index (κ3) is 3.94. The molecule has 4 rings (SSSR count). The van der Waals surface area contributed by atoms with E-state index in [0.717, 1.165) is 16.7 Å². The lowest BCUT2D eigenvalue weighted by molar-refractivity contribution is 0.587. The highest BCUT2D eigenvalue weighted by Crippen LogP contribution is 2.29. The van der Waals surface area contributed by atoms with Crippen molar-refractivity contribution in [3.05, 3.63) is 78.2 Å². The van der Waals surface area contributed by atoms with E-state index in [9.17, 15) is 13.7 Å². The molecule has 1 N–H and O–H groups in total. The van der Waals surface area contributed by atoms with E-state index in [0.29, 0.717) is 16.9 Å². The van der Waals surface area contributed by atoms with Gasteiger partial charge in [0.05, 0.1) is 16.0 Å². The van der Waals surface area contributed by atoms with Gasteiger partial charge in [0.2, 0.25) is 0 Å². The number of nitrogens with one attached hydrogen (secondary N) is 1. The van der Waals surface area contributed by atoms with Crippen LogP contribution in [0.2, 0.25) is 0 Å². The molecule has 7 heteroatoms. The minimum absolute atomic E-state index is 0.0615. The number of hydrogen-bond donors (Lipinski definition) is 1. The van der Waals surface area contributed by atoms with E-state index >= 15 is 0 Å². The number of benzene rings is 1. The number of sulfonamides is 1. The molecule has 3 aromatic heterocycles. The van der Waals surface area contributed by atoms with Gasteiger partial charge in [0.15, 0.2) is 0 Å². The number of nitrogens with zero attached hydrogens (tertiary/aromatic N) is 3. The van der Waals surface area contributed by atoms with Crippen LogP contribution in [0.15, 0.2) is 72.0 Å². The molecular formula is C24H24N4O2S. The highest BCUT2D eigenvalue weighted by Gasteiger charge is 2.19. The summed E-state index contributed by atoms with van der Waals surface area (Å²) in [6, 6.07) is 16.2. The van der Waals surface area contributed by atoms with Gasteiger partial charge in [0, 0.05) is 36.8 Å². The van der Waals surface area contributed by atoms with Crippen LogP contribution in [0, 0.1) is 11.3 Å². The normalized spacial score (nSPS) is 12.1. The largest absolute Gasteiger partial charge is 0.357 e. The van der Waals surface area contributed by atoms with Crippen molar-refractivity contribution in [3.8, 4) is 17.2 Å². The molecule has 0 fully saturated rings. The summed E-state index contributed by atoms with van der Waals surface area (Å²) < 4.78 is 32.4. The molecule has 158 valence electrons. The van der Waals surface area contributed by atoms with Crippen LogP contribution in [-0.2, 0) is 22.5 Å². The fraction of sp³-hybridized carbons (Fsp3) is 0.208. The summed E-state index contributed by atoms with van der Waals surface area (Å²) in [6.07, 6.45) is 5.75. The minimum atomic E-state index is -3.80. The first-order chi connectivity index (χ1) is 14.6. The average molecular weight is 433 g/mol. The number of rotatable bonds is 4. The maximum Gasteiger partial charge on any atom is 0.263 e. The topological polar surface area (TPSA) is 79.3 Å². The molecule has 4 aromatic rings. The number of fused-ring (bicyclic) bond motifs is 1. The Hall–Kier alpha value is -3.50. The summed E-state index contributed by atoms with van der Waals surface area (Å²) >= 11 is 0. The third-order valence-corrected chi connectivity index (χ3v) is 6.69. The number of pyridine rings is 1. The Bertz CT molecular complexity index is 1410. The molecule has 1 aromatic carbocycles. The predicted molar refractivity (Wildman–Crippen MR) is 122 cm³/mol. The second kappa shape index (κ2) is 7.33. The van der Waals surface area contributed by atoms with Gasteiger partial charge in [-0.25, -0.2) is 8.42 Å². The van der Waals surface area contributed by atoms with Gasteiger partial charge in [-0.05, 0) is 47.4 Å². The Morgan fingerprint density at radius 3 is 2.26 bits per heavy atom. The zero-order valence-corrected chi connectivity index (χ0v) is 18.7. The van der Waals surface area contributed by atoms with Crippen LogP contribution in [0.3, 0.4) is 0 Å². The molecule has 0 radical (unpaired) electrons. The molecule has 31 heavy (non-hydrogen) atoms. The predicted octanol–water partition coefficient (Wildman–Crippen LogP) is 4.91. The van der Waals surface area contributed by atoms with E-state index in [1.54, 1.807) is 28.7 Å². The van der Waals surface area contributed by atoms with Gasteiger partial charge < -0.3 is 8.97 Å². The van der Waals surface area contributed by atoms with E-state index in [2.05, 4.69) is 31.6 Å². The molecule has 0 spiro atoms. The van der Waals surface area contributed by atoms with Crippen LogP contribution in [0.4, 0.5) is 5.82 Å². The Morgan fingerprint density at radius 1 is 0.968 bits per heavy atom. The SMILES string of the molecule is Cn1ccc(-c2cc3c(C#N)ccc(NS(=O)(=O)c4ccc(C(C)(C)C)cc4)n3c2)c1. The molecule has 0 aliphatic heterocycles. The standard InChI is InChI=1S/C24H24N4O2S/c1-24(2,3)20-6-8-21(9-7-20)31(29,30)26-23-10-5-17(14-25)22-13-19(16-28(22)23)18-11-12-27(4)15-18/h5-13,15-16,26H,1-4H3. The lowest BCUT2D eigenvalue weighted by Gasteiger charge is -2.19. The number of aromatic nitrogens is 2. The summed E-state index contributed by atoms with van der Waals surface area (Å²) in [7, 11) is -1.86. The fourth-order valence-corrected chi connectivity index (χ4v) is 4.59. The number of anilines is 1. The van der Waals surface area contributed by atoms with Gasteiger partial charge >= 0.3 is 0 Å². The van der Waals surface area contributed by atoms with Crippen LogP contribution in [0.25, 0.3) is 16.6 Å². The monoisotopic (exact) mass is 432 g/mol. The molecular weight excluding hydrogens is 408 g/mol. The van der Waals surface area contributed by atoms with E-state index < -0.39 is 10.0 Å². The first-order valence-electron chi connectivity index (χ1n) is 9.89. The molecule has 0 saturated heterocycles. The van der Waals surface area contributed by atoms with Crippen LogP contribution in [0.5, 0.6) is 0 Å². The quantitative estimate of drug-likeness (QED) is 0.497. The van der Waals surface area contributed by atoms with E-state index in [-0.39, 0.29) is 10.3 Å². The maximum atomic E-state index is 13.0. The molecule has 0 saturated carbocycles. The first kappa shape index (κ1) is 20.8. The fourth-order valence-electron chi connectivity index (χ4n) is 3.54. The zero-order valence-electron chi connectivity index (χ0n) is 17.9.